The van der Waals surface area contributed by atoms with Crippen molar-refractivity contribution in [1.82, 2.24) is 34.3 Å². The number of halogens is 1. The first-order valence-corrected chi connectivity index (χ1v) is 12.4. The summed E-state index contributed by atoms with van der Waals surface area (Å²) in [6.07, 6.45) is 5.20. The Morgan fingerprint density at radius 2 is 1.89 bits per heavy atom. The summed E-state index contributed by atoms with van der Waals surface area (Å²) in [5.41, 5.74) is 4.90. The van der Waals surface area contributed by atoms with Crippen LogP contribution >= 0.6 is 11.6 Å². The number of pyridine rings is 1. The van der Waals surface area contributed by atoms with E-state index >= 15 is 0 Å². The van der Waals surface area contributed by atoms with Gasteiger partial charge < -0.3 is 9.47 Å². The van der Waals surface area contributed by atoms with Crippen LogP contribution < -0.4 is 9.47 Å². The Hall–Kier alpha value is -4.76. The number of para-hydroxylation sites is 1. The number of aromatic nitrogens is 7. The molecule has 0 saturated heterocycles. The fourth-order valence-corrected chi connectivity index (χ4v) is 5.00. The standard InChI is InChI=1S/C28H20ClN7O2/c1-17-23-24(18-7-6-12-30-14-18)25-26-32-22(15-37-21-10-3-2-4-11-21)34-35(26)16-31-27(25)38-28(23)36(33-17)20-9-5-8-19(29)13-20/h2-14,16,24H,15H2,1H3/t24-/m1/s1. The van der Waals surface area contributed by atoms with E-state index in [9.17, 15) is 0 Å². The number of hydrogen-bond acceptors (Lipinski definition) is 7. The molecule has 1 aliphatic heterocycles. The topological polar surface area (TPSA) is 92.3 Å². The second-order valence-corrected chi connectivity index (χ2v) is 9.32. The lowest BCUT2D eigenvalue weighted by Gasteiger charge is -2.26. The molecule has 0 fully saturated rings. The molecule has 38 heavy (non-hydrogen) atoms. The molecular formula is C28H20ClN7O2. The van der Waals surface area contributed by atoms with Crippen LogP contribution in [0, 0.1) is 6.92 Å². The van der Waals surface area contributed by atoms with Crippen molar-refractivity contribution >= 4 is 17.2 Å². The Kier molecular flexibility index (Phi) is 5.29. The Morgan fingerprint density at radius 1 is 1.00 bits per heavy atom. The Morgan fingerprint density at radius 3 is 2.71 bits per heavy atom. The minimum Gasteiger partial charge on any atom is -0.486 e. The molecule has 0 spiro atoms. The van der Waals surface area contributed by atoms with Gasteiger partial charge in [-0.3, -0.25) is 4.98 Å². The van der Waals surface area contributed by atoms with Gasteiger partial charge in [-0.1, -0.05) is 41.9 Å². The normalized spacial score (nSPS) is 14.1. The van der Waals surface area contributed by atoms with E-state index in [1.807, 2.05) is 79.9 Å². The average molecular weight is 522 g/mol. The molecule has 7 rings (SSSR count). The highest BCUT2D eigenvalue weighted by molar-refractivity contribution is 6.30. The maximum absolute atomic E-state index is 6.44. The zero-order valence-electron chi connectivity index (χ0n) is 20.2. The van der Waals surface area contributed by atoms with E-state index in [2.05, 4.69) is 15.1 Å². The van der Waals surface area contributed by atoms with Gasteiger partial charge in [-0.25, -0.2) is 19.2 Å². The minimum atomic E-state index is -0.279. The maximum atomic E-state index is 6.44. The molecule has 4 aromatic heterocycles. The molecular weight excluding hydrogens is 502 g/mol. The third-order valence-electron chi connectivity index (χ3n) is 6.45. The number of ether oxygens (including phenoxy) is 2. The molecule has 1 atom stereocenters. The first kappa shape index (κ1) is 22.4. The molecule has 9 nitrogen and oxygen atoms in total. The van der Waals surface area contributed by atoms with Gasteiger partial charge in [0.05, 0.1) is 28.4 Å². The molecule has 5 heterocycles. The minimum absolute atomic E-state index is 0.218. The summed E-state index contributed by atoms with van der Waals surface area (Å²) in [7, 11) is 0. The van der Waals surface area contributed by atoms with Crippen molar-refractivity contribution in [2.24, 2.45) is 0 Å². The van der Waals surface area contributed by atoms with Crippen LogP contribution in [0.4, 0.5) is 0 Å². The van der Waals surface area contributed by atoms with E-state index in [-0.39, 0.29) is 12.5 Å². The second-order valence-electron chi connectivity index (χ2n) is 8.88. The van der Waals surface area contributed by atoms with E-state index in [1.54, 1.807) is 21.7 Å². The van der Waals surface area contributed by atoms with Crippen LogP contribution in [0.1, 0.15) is 34.1 Å². The molecule has 0 saturated carbocycles. The predicted molar refractivity (Wildman–Crippen MR) is 140 cm³/mol. The summed E-state index contributed by atoms with van der Waals surface area (Å²) in [5.74, 6) is 2.02. The molecule has 10 heteroatoms. The van der Waals surface area contributed by atoms with E-state index < -0.39 is 0 Å². The summed E-state index contributed by atoms with van der Waals surface area (Å²) < 4.78 is 15.8. The van der Waals surface area contributed by atoms with Gasteiger partial charge in [0.15, 0.2) is 11.5 Å². The lowest BCUT2D eigenvalue weighted by molar-refractivity contribution is 0.296. The van der Waals surface area contributed by atoms with E-state index in [0.717, 1.165) is 33.8 Å². The summed E-state index contributed by atoms with van der Waals surface area (Å²) in [6, 6.07) is 21.0. The van der Waals surface area contributed by atoms with Crippen LogP contribution in [0.5, 0.6) is 17.5 Å². The molecule has 2 aromatic carbocycles. The molecule has 0 radical (unpaired) electrons. The zero-order chi connectivity index (χ0) is 25.6. The van der Waals surface area contributed by atoms with Crippen molar-refractivity contribution in [2.75, 3.05) is 0 Å². The SMILES string of the molecule is Cc1nn(-c2cccc(Cl)c2)c2c1[C@@H](c1cccnc1)c1c(ncn3nc(COc4ccccc4)nc13)O2. The molecule has 0 amide bonds. The molecule has 0 aliphatic carbocycles. The van der Waals surface area contributed by atoms with E-state index in [4.69, 9.17) is 31.2 Å². The van der Waals surface area contributed by atoms with Crippen molar-refractivity contribution < 1.29 is 9.47 Å². The Balaban J connectivity index is 1.38. The highest BCUT2D eigenvalue weighted by Crippen LogP contribution is 2.49. The van der Waals surface area contributed by atoms with Gasteiger partial charge in [-0.2, -0.15) is 5.10 Å². The van der Waals surface area contributed by atoms with Crippen LogP contribution in [0.15, 0.2) is 85.5 Å². The lowest BCUT2D eigenvalue weighted by Crippen LogP contribution is -2.16. The monoisotopic (exact) mass is 521 g/mol. The van der Waals surface area contributed by atoms with Gasteiger partial charge in [-0.15, -0.1) is 5.10 Å². The molecule has 1 aliphatic rings. The highest BCUT2D eigenvalue weighted by atomic mass is 35.5. The molecule has 0 bridgehead atoms. The maximum Gasteiger partial charge on any atom is 0.230 e. The second kappa shape index (κ2) is 8.97. The Bertz CT molecular complexity index is 1780. The van der Waals surface area contributed by atoms with Gasteiger partial charge in [-0.05, 0) is 48.9 Å². The number of fused-ring (bicyclic) bond motifs is 4. The molecule has 0 unspecified atom stereocenters. The fraction of sp³-hybridized carbons (Fsp3) is 0.107. The summed E-state index contributed by atoms with van der Waals surface area (Å²) in [5, 5.41) is 10.1. The van der Waals surface area contributed by atoms with E-state index in [1.165, 1.54) is 0 Å². The van der Waals surface area contributed by atoms with Crippen LogP contribution in [-0.2, 0) is 6.61 Å². The van der Waals surface area contributed by atoms with Crippen LogP contribution in [0.3, 0.4) is 0 Å². The number of rotatable bonds is 5. The third kappa shape index (κ3) is 3.75. The molecule has 186 valence electrons. The van der Waals surface area contributed by atoms with Crippen LogP contribution in [-0.4, -0.2) is 34.3 Å². The van der Waals surface area contributed by atoms with Crippen molar-refractivity contribution in [1.29, 1.82) is 0 Å². The predicted octanol–water partition coefficient (Wildman–Crippen LogP) is 5.53. The van der Waals surface area contributed by atoms with Crippen molar-refractivity contribution in [3.63, 3.8) is 0 Å². The number of aryl methyl sites for hydroxylation is 1. The third-order valence-corrected chi connectivity index (χ3v) is 6.68. The first-order valence-electron chi connectivity index (χ1n) is 12.0. The van der Waals surface area contributed by atoms with Crippen LogP contribution in [0.25, 0.3) is 11.3 Å². The number of benzene rings is 2. The van der Waals surface area contributed by atoms with Crippen molar-refractivity contribution in [3.8, 4) is 23.2 Å². The van der Waals surface area contributed by atoms with Gasteiger partial charge in [0.1, 0.15) is 18.7 Å². The number of hydrogen-bond donors (Lipinski definition) is 0. The molecule has 6 aromatic rings. The Labute approximate surface area is 222 Å². The average Bonchev–Trinajstić information content (AvgIpc) is 3.52. The smallest absolute Gasteiger partial charge is 0.230 e. The fourth-order valence-electron chi connectivity index (χ4n) is 4.81. The van der Waals surface area contributed by atoms with Gasteiger partial charge in [0.2, 0.25) is 11.8 Å². The summed E-state index contributed by atoms with van der Waals surface area (Å²) >= 11 is 6.29. The highest BCUT2D eigenvalue weighted by Gasteiger charge is 2.38. The van der Waals surface area contributed by atoms with Crippen molar-refractivity contribution in [2.45, 2.75) is 19.4 Å². The zero-order valence-corrected chi connectivity index (χ0v) is 20.9. The van der Waals surface area contributed by atoms with Crippen LogP contribution in [0.2, 0.25) is 5.02 Å². The van der Waals surface area contributed by atoms with Crippen molar-refractivity contribution in [3.05, 3.63) is 119 Å². The number of nitrogens with zero attached hydrogens (tertiary/aromatic N) is 7. The lowest BCUT2D eigenvalue weighted by atomic mass is 9.85. The van der Waals surface area contributed by atoms with Gasteiger partial charge >= 0.3 is 0 Å². The largest absolute Gasteiger partial charge is 0.486 e. The van der Waals surface area contributed by atoms with E-state index in [0.29, 0.717) is 28.3 Å². The summed E-state index contributed by atoms with van der Waals surface area (Å²) in [4.78, 5) is 13.9. The summed E-state index contributed by atoms with van der Waals surface area (Å²) in [6.45, 7) is 2.18. The quantitative estimate of drug-likeness (QED) is 0.294. The molecule has 0 N–H and O–H groups in total. The van der Waals surface area contributed by atoms with Gasteiger partial charge in [0, 0.05) is 17.4 Å². The first-order chi connectivity index (χ1) is 18.7. The van der Waals surface area contributed by atoms with Gasteiger partial charge in [0.25, 0.3) is 0 Å².